The van der Waals surface area contributed by atoms with Crippen LogP contribution in [0.25, 0.3) is 104 Å². The van der Waals surface area contributed by atoms with Crippen LogP contribution in [0.1, 0.15) is 0 Å². The molecule has 0 fully saturated rings. The molecule has 0 N–H and O–H groups in total. The molecule has 4 nitrogen and oxygen atoms in total. The van der Waals surface area contributed by atoms with E-state index in [9.17, 15) is 0 Å². The third-order valence-corrected chi connectivity index (χ3v) is 11.7. The minimum Gasteiger partial charge on any atom is -0.309 e. The second-order valence-corrected chi connectivity index (χ2v) is 14.6. The summed E-state index contributed by atoms with van der Waals surface area (Å²) < 4.78 is 5.08. The molecule has 0 aliphatic carbocycles. The third kappa shape index (κ3) is 4.79. The number of fused-ring (bicyclic) bond motifs is 10. The predicted octanol–water partition coefficient (Wildman–Crippen LogP) is 13.2. The van der Waals surface area contributed by atoms with Crippen molar-refractivity contribution in [3.8, 4) is 51.0 Å². The van der Waals surface area contributed by atoms with Crippen LogP contribution >= 0.6 is 11.3 Å². The lowest BCUT2D eigenvalue weighted by atomic mass is 9.98. The molecule has 0 radical (unpaired) electrons. The molecule has 11 aromatic rings. The Morgan fingerprint density at radius 2 is 0.852 bits per heavy atom. The van der Waals surface area contributed by atoms with Gasteiger partial charge in [0.15, 0.2) is 17.5 Å². The fourth-order valence-corrected chi connectivity index (χ4v) is 9.38. The zero-order valence-corrected chi connectivity index (χ0v) is 29.8. The highest BCUT2D eigenvalue weighted by atomic mass is 32.1. The van der Waals surface area contributed by atoms with Crippen molar-refractivity contribution in [1.29, 1.82) is 0 Å². The van der Waals surface area contributed by atoms with Gasteiger partial charge >= 0.3 is 0 Å². The largest absolute Gasteiger partial charge is 0.309 e. The summed E-state index contributed by atoms with van der Waals surface area (Å²) in [5.74, 6) is 1.95. The Bertz CT molecular complexity index is 3130. The average molecular weight is 707 g/mol. The van der Waals surface area contributed by atoms with Crippen molar-refractivity contribution in [2.24, 2.45) is 0 Å². The fourth-order valence-electron chi connectivity index (χ4n) is 8.00. The van der Waals surface area contributed by atoms with Crippen LogP contribution in [-0.4, -0.2) is 19.5 Å². The van der Waals surface area contributed by atoms with Crippen molar-refractivity contribution in [3.05, 3.63) is 182 Å². The minimum absolute atomic E-state index is 0.641. The van der Waals surface area contributed by atoms with Gasteiger partial charge in [0.2, 0.25) is 0 Å². The Morgan fingerprint density at radius 1 is 0.352 bits per heavy atom. The lowest BCUT2D eigenvalue weighted by molar-refractivity contribution is 1.07. The molecule has 252 valence electrons. The van der Waals surface area contributed by atoms with Crippen LogP contribution in [0.4, 0.5) is 0 Å². The van der Waals surface area contributed by atoms with Crippen LogP contribution in [0, 0.1) is 0 Å². The Hall–Kier alpha value is -6.95. The zero-order chi connectivity index (χ0) is 35.6. The van der Waals surface area contributed by atoms with Crippen molar-refractivity contribution >= 4 is 64.1 Å². The highest BCUT2D eigenvalue weighted by molar-refractivity contribution is 7.27. The van der Waals surface area contributed by atoms with Crippen molar-refractivity contribution in [2.45, 2.75) is 0 Å². The summed E-state index contributed by atoms with van der Waals surface area (Å²) in [6.07, 6.45) is 0. The van der Waals surface area contributed by atoms with E-state index >= 15 is 0 Å². The molecule has 5 heteroatoms. The third-order valence-electron chi connectivity index (χ3n) is 10.4. The van der Waals surface area contributed by atoms with Gasteiger partial charge in [-0.25, -0.2) is 15.0 Å². The summed E-state index contributed by atoms with van der Waals surface area (Å²) in [5, 5.41) is 7.65. The highest BCUT2D eigenvalue weighted by Crippen LogP contribution is 2.49. The van der Waals surface area contributed by atoms with Crippen molar-refractivity contribution in [2.75, 3.05) is 0 Å². The van der Waals surface area contributed by atoms with Crippen LogP contribution in [0.5, 0.6) is 0 Å². The topological polar surface area (TPSA) is 43.6 Å². The molecule has 0 spiro atoms. The summed E-state index contributed by atoms with van der Waals surface area (Å²) in [5.41, 5.74) is 8.82. The Kier molecular flexibility index (Phi) is 7.00. The molecular weight excluding hydrogens is 677 g/mol. The van der Waals surface area contributed by atoms with E-state index in [2.05, 4.69) is 126 Å². The summed E-state index contributed by atoms with van der Waals surface area (Å²) in [6.45, 7) is 0. The van der Waals surface area contributed by atoms with Gasteiger partial charge in [-0.15, -0.1) is 11.3 Å². The molecular formula is C49H30N4S. The van der Waals surface area contributed by atoms with Crippen molar-refractivity contribution < 1.29 is 0 Å². The molecule has 0 saturated heterocycles. The van der Waals surface area contributed by atoms with Gasteiger partial charge in [0.1, 0.15) is 0 Å². The molecule has 3 heterocycles. The van der Waals surface area contributed by atoms with Crippen molar-refractivity contribution in [1.82, 2.24) is 19.5 Å². The molecule has 0 aliphatic rings. The van der Waals surface area contributed by atoms with E-state index in [0.29, 0.717) is 17.5 Å². The Morgan fingerprint density at radius 3 is 1.48 bits per heavy atom. The Balaban J connectivity index is 1.17. The average Bonchev–Trinajstić information content (AvgIpc) is 3.82. The van der Waals surface area contributed by atoms with E-state index in [-0.39, 0.29) is 0 Å². The maximum Gasteiger partial charge on any atom is 0.164 e. The molecule has 8 aromatic carbocycles. The normalized spacial score (nSPS) is 11.7. The van der Waals surface area contributed by atoms with Gasteiger partial charge in [-0.3, -0.25) is 0 Å². The quantitative estimate of drug-likeness (QED) is 0.179. The predicted molar refractivity (Wildman–Crippen MR) is 226 cm³/mol. The van der Waals surface area contributed by atoms with Crippen LogP contribution < -0.4 is 0 Å². The van der Waals surface area contributed by atoms with Crippen molar-refractivity contribution in [3.63, 3.8) is 0 Å². The van der Waals surface area contributed by atoms with Gasteiger partial charge in [-0.2, -0.15) is 0 Å². The first-order valence-corrected chi connectivity index (χ1v) is 18.9. The van der Waals surface area contributed by atoms with Crippen LogP contribution in [0.3, 0.4) is 0 Å². The van der Waals surface area contributed by atoms with Gasteiger partial charge in [0.05, 0.1) is 11.0 Å². The van der Waals surface area contributed by atoms with E-state index in [1.54, 1.807) is 0 Å². The monoisotopic (exact) mass is 706 g/mol. The van der Waals surface area contributed by atoms with Crippen LogP contribution in [0.15, 0.2) is 182 Å². The summed E-state index contributed by atoms with van der Waals surface area (Å²) in [4.78, 5) is 14.9. The lowest BCUT2D eigenvalue weighted by Crippen LogP contribution is -2.00. The van der Waals surface area contributed by atoms with Crippen LogP contribution in [-0.2, 0) is 0 Å². The number of para-hydroxylation sites is 1. The molecule has 0 bridgehead atoms. The maximum absolute atomic E-state index is 5.00. The van der Waals surface area contributed by atoms with Gasteiger partial charge < -0.3 is 4.57 Å². The van der Waals surface area contributed by atoms with E-state index < -0.39 is 0 Å². The van der Waals surface area contributed by atoms with Crippen LogP contribution in [0.2, 0.25) is 0 Å². The number of rotatable bonds is 5. The van der Waals surface area contributed by atoms with E-state index in [1.165, 1.54) is 63.9 Å². The number of benzene rings is 8. The van der Waals surface area contributed by atoms with Gasteiger partial charge in [0.25, 0.3) is 0 Å². The summed E-state index contributed by atoms with van der Waals surface area (Å²) >= 11 is 1.90. The second kappa shape index (κ2) is 12.3. The first-order chi connectivity index (χ1) is 26.8. The summed E-state index contributed by atoms with van der Waals surface area (Å²) in [7, 11) is 0. The van der Waals surface area contributed by atoms with Gasteiger partial charge in [0, 0.05) is 58.7 Å². The zero-order valence-electron chi connectivity index (χ0n) is 29.0. The highest BCUT2D eigenvalue weighted by Gasteiger charge is 2.23. The van der Waals surface area contributed by atoms with Gasteiger partial charge in [-0.1, -0.05) is 152 Å². The van der Waals surface area contributed by atoms with E-state index in [1.807, 2.05) is 72.0 Å². The van der Waals surface area contributed by atoms with Gasteiger partial charge in [-0.05, 0) is 46.8 Å². The SMILES string of the molecule is c1ccc(-c2nc(-c3ccccc3)nc(-c3ccc(-n4c5ccccc5c5c6ccccc6c6sc7c(-c8ccccc8)cccc7c6c54)cc3)n2)cc1. The molecule has 0 atom stereocenters. The first kappa shape index (κ1) is 30.7. The first-order valence-electron chi connectivity index (χ1n) is 18.1. The standard InChI is InChI=1S/C49H30N4S/c1-4-15-31(16-5-1)36-24-14-25-40-43-44-42(37-21-10-11-22-38(37)46(43)54-45(36)40)39-23-12-13-26-41(39)53(44)35-29-27-34(28-30-35)49-51-47(32-17-6-2-7-18-32)50-48(52-49)33-19-8-3-9-20-33/h1-30H. The molecule has 0 saturated carbocycles. The van der Waals surface area contributed by atoms with E-state index in [4.69, 9.17) is 15.0 Å². The number of aromatic nitrogens is 4. The number of nitrogens with zero attached hydrogens (tertiary/aromatic N) is 4. The molecule has 0 unspecified atom stereocenters. The lowest BCUT2D eigenvalue weighted by Gasteiger charge is -2.12. The minimum atomic E-state index is 0.641. The molecule has 3 aromatic heterocycles. The number of hydrogen-bond acceptors (Lipinski definition) is 4. The fraction of sp³-hybridized carbons (Fsp3) is 0. The Labute approximate surface area is 315 Å². The van der Waals surface area contributed by atoms with E-state index in [0.717, 1.165) is 22.4 Å². The molecule has 0 aliphatic heterocycles. The smallest absolute Gasteiger partial charge is 0.164 e. The maximum atomic E-state index is 5.00. The molecule has 11 rings (SSSR count). The summed E-state index contributed by atoms with van der Waals surface area (Å²) in [6, 6.07) is 64.2. The number of hydrogen-bond donors (Lipinski definition) is 0. The molecule has 54 heavy (non-hydrogen) atoms. The molecule has 0 amide bonds. The second-order valence-electron chi connectivity index (χ2n) is 13.6. The number of thiophene rings is 1.